The average molecular weight is 406 g/mol. The summed E-state index contributed by atoms with van der Waals surface area (Å²) in [6.45, 7) is -0.622. The summed E-state index contributed by atoms with van der Waals surface area (Å²) in [5.74, 6) is -5.30. The standard InChI is InChI=1S/C20H22O9/c1-28-15-5-9-3-11(8-21)20(27,19(25)26)17(12(9)7-13(15)22)10-4-14(23)18(24)16(6-10)29-2/h4-7,11,17,21-24,27H,3,8H2,1-2H3,(H,25,26)/t11-,17+,20+/m0/s1. The van der Waals surface area contributed by atoms with Gasteiger partial charge in [0.1, 0.15) is 0 Å². The Hall–Kier alpha value is -3.17. The number of phenols is 3. The molecule has 1 aliphatic rings. The highest BCUT2D eigenvalue weighted by atomic mass is 16.5. The average Bonchev–Trinajstić information content (AvgIpc) is 2.69. The molecule has 2 aromatic carbocycles. The minimum absolute atomic E-state index is 0.0168. The first-order valence-corrected chi connectivity index (χ1v) is 8.75. The lowest BCUT2D eigenvalue weighted by atomic mass is 9.63. The maximum absolute atomic E-state index is 12.2. The topological polar surface area (TPSA) is 157 Å². The van der Waals surface area contributed by atoms with E-state index in [9.17, 15) is 35.4 Å². The third kappa shape index (κ3) is 3.08. The molecular weight excluding hydrogens is 384 g/mol. The Kier molecular flexibility index (Phi) is 5.20. The molecular formula is C20H22O9. The number of aliphatic hydroxyl groups excluding tert-OH is 1. The molecule has 1 aliphatic carbocycles. The summed E-state index contributed by atoms with van der Waals surface area (Å²) in [7, 11) is 2.62. The van der Waals surface area contributed by atoms with Gasteiger partial charge in [-0.1, -0.05) is 0 Å². The van der Waals surface area contributed by atoms with Crippen molar-refractivity contribution >= 4 is 5.97 Å². The highest BCUT2D eigenvalue weighted by Crippen LogP contribution is 2.51. The first-order chi connectivity index (χ1) is 13.7. The summed E-state index contributed by atoms with van der Waals surface area (Å²) in [6, 6.07) is 5.20. The van der Waals surface area contributed by atoms with Crippen LogP contribution in [0.2, 0.25) is 0 Å². The SMILES string of the molecule is COc1cc2c(cc1O)[C@@H](c1cc(O)c(O)c(OC)c1)[C@@](O)(C(=O)O)[C@H](CO)C2. The molecule has 2 aromatic rings. The van der Waals surface area contributed by atoms with E-state index in [1.165, 1.54) is 32.4 Å². The van der Waals surface area contributed by atoms with Crippen LogP contribution in [0.1, 0.15) is 22.6 Å². The Morgan fingerprint density at radius 1 is 1.07 bits per heavy atom. The summed E-state index contributed by atoms with van der Waals surface area (Å²) < 4.78 is 10.1. The van der Waals surface area contributed by atoms with Gasteiger partial charge in [-0.2, -0.15) is 0 Å². The molecule has 0 saturated carbocycles. The fraction of sp³-hybridized carbons (Fsp3) is 0.350. The van der Waals surface area contributed by atoms with Crippen LogP contribution >= 0.6 is 0 Å². The lowest BCUT2D eigenvalue weighted by Gasteiger charge is -2.43. The van der Waals surface area contributed by atoms with Crippen molar-refractivity contribution in [2.45, 2.75) is 17.9 Å². The number of hydrogen-bond acceptors (Lipinski definition) is 8. The summed E-state index contributed by atoms with van der Waals surface area (Å²) >= 11 is 0. The fourth-order valence-electron chi connectivity index (χ4n) is 4.00. The molecule has 0 radical (unpaired) electrons. The predicted octanol–water partition coefficient (Wildman–Crippen LogP) is 0.933. The van der Waals surface area contributed by atoms with Crippen molar-refractivity contribution in [2.24, 2.45) is 5.92 Å². The molecule has 0 aromatic heterocycles. The van der Waals surface area contributed by atoms with Gasteiger partial charge in [-0.25, -0.2) is 4.79 Å². The zero-order valence-electron chi connectivity index (χ0n) is 15.8. The second kappa shape index (κ2) is 7.34. The van der Waals surface area contributed by atoms with Gasteiger partial charge in [-0.15, -0.1) is 0 Å². The first-order valence-electron chi connectivity index (χ1n) is 8.75. The van der Waals surface area contributed by atoms with E-state index < -0.39 is 41.5 Å². The van der Waals surface area contributed by atoms with Gasteiger partial charge in [-0.05, 0) is 47.4 Å². The maximum atomic E-state index is 12.2. The van der Waals surface area contributed by atoms with Gasteiger partial charge in [0.15, 0.2) is 28.6 Å². The van der Waals surface area contributed by atoms with E-state index in [0.717, 1.165) is 6.07 Å². The summed E-state index contributed by atoms with van der Waals surface area (Å²) in [4.78, 5) is 12.2. The summed E-state index contributed by atoms with van der Waals surface area (Å²) in [5.41, 5.74) is -1.51. The number of aromatic hydroxyl groups is 3. The van der Waals surface area contributed by atoms with Crippen molar-refractivity contribution in [3.63, 3.8) is 0 Å². The molecule has 0 heterocycles. The number of methoxy groups -OCH3 is 2. The van der Waals surface area contributed by atoms with Crippen LogP contribution in [0.15, 0.2) is 24.3 Å². The number of aliphatic hydroxyl groups is 2. The molecule has 9 nitrogen and oxygen atoms in total. The van der Waals surface area contributed by atoms with Gasteiger partial charge in [0, 0.05) is 18.4 Å². The van der Waals surface area contributed by atoms with Gasteiger partial charge in [0.25, 0.3) is 0 Å². The molecule has 3 rings (SSSR count). The van der Waals surface area contributed by atoms with Gasteiger partial charge in [0.2, 0.25) is 5.75 Å². The van der Waals surface area contributed by atoms with E-state index in [-0.39, 0.29) is 34.8 Å². The number of hydrogen-bond donors (Lipinski definition) is 6. The van der Waals surface area contributed by atoms with Crippen molar-refractivity contribution < 1.29 is 44.9 Å². The summed E-state index contributed by atoms with van der Waals surface area (Å²) in [6.07, 6.45) is 0.0168. The third-order valence-corrected chi connectivity index (χ3v) is 5.47. The van der Waals surface area contributed by atoms with E-state index in [1.807, 2.05) is 0 Å². The molecule has 9 heteroatoms. The second-order valence-corrected chi connectivity index (χ2v) is 6.96. The maximum Gasteiger partial charge on any atom is 0.337 e. The van der Waals surface area contributed by atoms with Crippen molar-refractivity contribution in [1.29, 1.82) is 0 Å². The third-order valence-electron chi connectivity index (χ3n) is 5.47. The van der Waals surface area contributed by atoms with Crippen LogP contribution in [0.5, 0.6) is 28.7 Å². The van der Waals surface area contributed by atoms with Gasteiger partial charge < -0.3 is 40.1 Å². The van der Waals surface area contributed by atoms with Crippen molar-refractivity contribution in [1.82, 2.24) is 0 Å². The summed E-state index contributed by atoms with van der Waals surface area (Å²) in [5, 5.41) is 61.2. The molecule has 0 amide bonds. The Labute approximate surface area is 166 Å². The number of carboxylic acid groups (broad SMARTS) is 1. The van der Waals surface area contributed by atoms with E-state index in [1.54, 1.807) is 0 Å². The monoisotopic (exact) mass is 406 g/mol. The minimum atomic E-state index is -2.46. The first kappa shape index (κ1) is 20.6. The van der Waals surface area contributed by atoms with E-state index in [4.69, 9.17) is 9.47 Å². The molecule has 29 heavy (non-hydrogen) atoms. The quantitative estimate of drug-likeness (QED) is 0.398. The Bertz CT molecular complexity index is 955. The highest BCUT2D eigenvalue weighted by Gasteiger charge is 2.55. The Balaban J connectivity index is 2.35. The van der Waals surface area contributed by atoms with Gasteiger partial charge >= 0.3 is 5.97 Å². The molecule has 156 valence electrons. The lowest BCUT2D eigenvalue weighted by Crippen LogP contribution is -2.55. The number of ether oxygens (including phenoxy) is 2. The number of rotatable bonds is 5. The van der Waals surface area contributed by atoms with E-state index in [2.05, 4.69) is 0 Å². The van der Waals surface area contributed by atoms with Crippen molar-refractivity contribution in [2.75, 3.05) is 20.8 Å². The van der Waals surface area contributed by atoms with Crippen LogP contribution in [0.4, 0.5) is 0 Å². The number of benzene rings is 2. The van der Waals surface area contributed by atoms with Crippen LogP contribution in [0.25, 0.3) is 0 Å². The van der Waals surface area contributed by atoms with Crippen molar-refractivity contribution in [3.05, 3.63) is 41.0 Å². The molecule has 0 spiro atoms. The number of carbonyl (C=O) groups is 1. The molecule has 0 aliphatic heterocycles. The second-order valence-electron chi connectivity index (χ2n) is 6.96. The number of aliphatic carboxylic acids is 1. The van der Waals surface area contributed by atoms with Gasteiger partial charge in [0.05, 0.1) is 14.2 Å². The van der Waals surface area contributed by atoms with E-state index in [0.29, 0.717) is 5.56 Å². The molecule has 6 N–H and O–H groups in total. The van der Waals surface area contributed by atoms with Crippen LogP contribution in [0, 0.1) is 5.92 Å². The predicted molar refractivity (Wildman–Crippen MR) is 99.7 cm³/mol. The fourth-order valence-corrected chi connectivity index (χ4v) is 4.00. The highest BCUT2D eigenvalue weighted by molar-refractivity contribution is 5.82. The van der Waals surface area contributed by atoms with Crippen LogP contribution < -0.4 is 9.47 Å². The number of phenolic OH excluding ortho intramolecular Hbond substituents is 3. The zero-order valence-corrected chi connectivity index (χ0v) is 15.8. The molecule has 0 fully saturated rings. The van der Waals surface area contributed by atoms with Gasteiger partial charge in [-0.3, -0.25) is 0 Å². The molecule has 0 bridgehead atoms. The lowest BCUT2D eigenvalue weighted by molar-refractivity contribution is -0.170. The normalized spacial score (nSPS) is 23.3. The number of carboxylic acids is 1. The van der Waals surface area contributed by atoms with E-state index >= 15 is 0 Å². The largest absolute Gasteiger partial charge is 0.504 e. The zero-order chi connectivity index (χ0) is 21.5. The molecule has 3 atom stereocenters. The molecule has 0 saturated heterocycles. The van der Waals surface area contributed by atoms with Crippen LogP contribution in [-0.4, -0.2) is 63.0 Å². The number of fused-ring (bicyclic) bond motifs is 1. The van der Waals surface area contributed by atoms with Crippen LogP contribution in [0.3, 0.4) is 0 Å². The Morgan fingerprint density at radius 3 is 2.28 bits per heavy atom. The van der Waals surface area contributed by atoms with Crippen molar-refractivity contribution in [3.8, 4) is 28.7 Å². The minimum Gasteiger partial charge on any atom is -0.504 e. The Morgan fingerprint density at radius 2 is 1.72 bits per heavy atom. The van der Waals surface area contributed by atoms with Crippen LogP contribution in [-0.2, 0) is 11.2 Å². The molecule has 0 unspecified atom stereocenters. The smallest absolute Gasteiger partial charge is 0.337 e.